The number of ether oxygens (including phenoxy) is 1. The zero-order valence-corrected chi connectivity index (χ0v) is 12.5. The summed E-state index contributed by atoms with van der Waals surface area (Å²) >= 11 is 0. The lowest BCUT2D eigenvalue weighted by atomic mass is 10.1. The van der Waals surface area contributed by atoms with E-state index in [4.69, 9.17) is 10.00 Å². The molecule has 0 heterocycles. The number of nitrogens with one attached hydrogen (secondary N) is 1. The molecule has 2 aromatic carbocycles. The van der Waals surface area contributed by atoms with E-state index in [1.807, 2.05) is 48.5 Å². The molecule has 0 aromatic heterocycles. The molecular formula is C18H20N2O. The van der Waals surface area contributed by atoms with Crippen LogP contribution in [0.2, 0.25) is 0 Å². The van der Waals surface area contributed by atoms with Crippen LogP contribution >= 0.6 is 0 Å². The van der Waals surface area contributed by atoms with Gasteiger partial charge in [0.05, 0.1) is 17.7 Å². The van der Waals surface area contributed by atoms with Gasteiger partial charge in [-0.15, -0.1) is 0 Å². The number of rotatable bonds is 6. The molecule has 3 nitrogen and oxygen atoms in total. The fraction of sp³-hybridized carbons (Fsp3) is 0.278. The normalized spacial score (nSPS) is 11.5. The molecule has 1 N–H and O–H groups in total. The quantitative estimate of drug-likeness (QED) is 0.855. The number of hydrogen-bond acceptors (Lipinski definition) is 3. The fourth-order valence-corrected chi connectivity index (χ4v) is 1.95. The first-order valence-electron chi connectivity index (χ1n) is 7.21. The SMILES string of the molecule is CCC(C)Oc1cccc(NCc2cccc(C#N)c2)c1. The molecule has 0 aliphatic carbocycles. The van der Waals surface area contributed by atoms with E-state index in [9.17, 15) is 0 Å². The van der Waals surface area contributed by atoms with Crippen LogP contribution in [0.4, 0.5) is 5.69 Å². The summed E-state index contributed by atoms with van der Waals surface area (Å²) < 4.78 is 5.81. The minimum atomic E-state index is 0.215. The molecule has 0 aliphatic rings. The number of benzene rings is 2. The van der Waals surface area contributed by atoms with Gasteiger partial charge in [-0.3, -0.25) is 0 Å². The summed E-state index contributed by atoms with van der Waals surface area (Å²) in [5.74, 6) is 0.875. The molecule has 21 heavy (non-hydrogen) atoms. The van der Waals surface area contributed by atoms with Crippen molar-refractivity contribution in [2.75, 3.05) is 5.32 Å². The minimum Gasteiger partial charge on any atom is -0.491 e. The second-order valence-electron chi connectivity index (χ2n) is 5.03. The summed E-state index contributed by atoms with van der Waals surface area (Å²) in [6.45, 7) is 4.85. The van der Waals surface area contributed by atoms with Crippen LogP contribution in [-0.2, 0) is 6.54 Å². The molecule has 0 saturated heterocycles. The first-order chi connectivity index (χ1) is 10.2. The monoisotopic (exact) mass is 280 g/mol. The molecule has 1 unspecified atom stereocenters. The number of hydrogen-bond donors (Lipinski definition) is 1. The Morgan fingerprint density at radius 1 is 1.19 bits per heavy atom. The topological polar surface area (TPSA) is 45.0 Å². The summed E-state index contributed by atoms with van der Waals surface area (Å²) in [4.78, 5) is 0. The Hall–Kier alpha value is -2.47. The van der Waals surface area contributed by atoms with Gasteiger partial charge >= 0.3 is 0 Å². The van der Waals surface area contributed by atoms with Crippen molar-refractivity contribution in [1.29, 1.82) is 5.26 Å². The molecular weight excluding hydrogens is 260 g/mol. The zero-order chi connectivity index (χ0) is 15.1. The smallest absolute Gasteiger partial charge is 0.121 e. The lowest BCUT2D eigenvalue weighted by molar-refractivity contribution is 0.217. The number of nitriles is 1. The average molecular weight is 280 g/mol. The highest BCUT2D eigenvalue weighted by Gasteiger charge is 2.02. The molecule has 0 fully saturated rings. The van der Waals surface area contributed by atoms with Crippen LogP contribution < -0.4 is 10.1 Å². The van der Waals surface area contributed by atoms with Gasteiger partial charge in [0.25, 0.3) is 0 Å². The van der Waals surface area contributed by atoms with Crippen molar-refractivity contribution in [3.63, 3.8) is 0 Å². The molecule has 1 atom stereocenters. The standard InChI is InChI=1S/C18H20N2O/c1-3-14(2)21-18-9-5-8-17(11-18)20-13-16-7-4-6-15(10-16)12-19/h4-11,14,20H,3,13H2,1-2H3. The first kappa shape index (κ1) is 14.9. The molecule has 3 heteroatoms. The van der Waals surface area contributed by atoms with Gasteiger partial charge in [-0.25, -0.2) is 0 Å². The number of nitrogens with zero attached hydrogens (tertiary/aromatic N) is 1. The molecule has 0 amide bonds. The van der Waals surface area contributed by atoms with E-state index in [2.05, 4.69) is 25.2 Å². The molecule has 2 rings (SSSR count). The largest absolute Gasteiger partial charge is 0.491 e. The predicted octanol–water partition coefficient (Wildman–Crippen LogP) is 4.35. The van der Waals surface area contributed by atoms with Crippen molar-refractivity contribution < 1.29 is 4.74 Å². The Balaban J connectivity index is 1.99. The van der Waals surface area contributed by atoms with Gasteiger partial charge in [0.15, 0.2) is 0 Å². The lowest BCUT2D eigenvalue weighted by Gasteiger charge is -2.14. The fourth-order valence-electron chi connectivity index (χ4n) is 1.95. The van der Waals surface area contributed by atoms with Crippen LogP contribution in [0.5, 0.6) is 5.75 Å². The third-order valence-corrected chi connectivity index (χ3v) is 3.30. The zero-order valence-electron chi connectivity index (χ0n) is 12.5. The van der Waals surface area contributed by atoms with Gasteiger partial charge in [0, 0.05) is 18.3 Å². The summed E-state index contributed by atoms with van der Waals surface area (Å²) in [5.41, 5.74) is 2.78. The van der Waals surface area contributed by atoms with E-state index < -0.39 is 0 Å². The Bertz CT molecular complexity index is 631. The van der Waals surface area contributed by atoms with E-state index in [-0.39, 0.29) is 6.10 Å². The average Bonchev–Trinajstić information content (AvgIpc) is 2.53. The Labute approximate surface area is 126 Å². The van der Waals surface area contributed by atoms with Crippen LogP contribution in [0.25, 0.3) is 0 Å². The minimum absolute atomic E-state index is 0.215. The highest BCUT2D eigenvalue weighted by Crippen LogP contribution is 2.20. The van der Waals surface area contributed by atoms with Crippen LogP contribution in [0.3, 0.4) is 0 Å². The Morgan fingerprint density at radius 2 is 2.00 bits per heavy atom. The second kappa shape index (κ2) is 7.35. The Kier molecular flexibility index (Phi) is 5.22. The maximum absolute atomic E-state index is 8.90. The highest BCUT2D eigenvalue weighted by molar-refractivity contribution is 5.49. The molecule has 0 aliphatic heterocycles. The van der Waals surface area contributed by atoms with Gasteiger partial charge in [-0.2, -0.15) is 5.26 Å². The van der Waals surface area contributed by atoms with Crippen LogP contribution in [0.1, 0.15) is 31.4 Å². The van der Waals surface area contributed by atoms with Gasteiger partial charge < -0.3 is 10.1 Å². The second-order valence-corrected chi connectivity index (χ2v) is 5.03. The molecule has 0 saturated carbocycles. The molecule has 0 radical (unpaired) electrons. The summed E-state index contributed by atoms with van der Waals surface area (Å²) in [6.07, 6.45) is 1.20. The van der Waals surface area contributed by atoms with Crippen molar-refractivity contribution in [3.8, 4) is 11.8 Å². The van der Waals surface area contributed by atoms with Gasteiger partial charge in [-0.1, -0.05) is 25.1 Å². The first-order valence-corrected chi connectivity index (χ1v) is 7.21. The molecule has 0 bridgehead atoms. The summed E-state index contributed by atoms with van der Waals surface area (Å²) in [5, 5.41) is 12.3. The van der Waals surface area contributed by atoms with Crippen molar-refractivity contribution in [1.82, 2.24) is 0 Å². The van der Waals surface area contributed by atoms with Crippen molar-refractivity contribution in [3.05, 3.63) is 59.7 Å². The molecule has 0 spiro atoms. The predicted molar refractivity (Wildman–Crippen MR) is 85.3 cm³/mol. The van der Waals surface area contributed by atoms with E-state index in [1.165, 1.54) is 0 Å². The maximum Gasteiger partial charge on any atom is 0.121 e. The third kappa shape index (κ3) is 4.54. The van der Waals surface area contributed by atoms with Crippen molar-refractivity contribution in [2.24, 2.45) is 0 Å². The van der Waals surface area contributed by atoms with E-state index in [1.54, 1.807) is 0 Å². The van der Waals surface area contributed by atoms with Crippen molar-refractivity contribution >= 4 is 5.69 Å². The number of anilines is 1. The highest BCUT2D eigenvalue weighted by atomic mass is 16.5. The van der Waals surface area contributed by atoms with E-state index >= 15 is 0 Å². The third-order valence-electron chi connectivity index (χ3n) is 3.30. The van der Waals surface area contributed by atoms with Crippen LogP contribution in [0, 0.1) is 11.3 Å². The molecule has 2 aromatic rings. The maximum atomic E-state index is 8.90. The summed E-state index contributed by atoms with van der Waals surface area (Å²) in [6, 6.07) is 17.7. The van der Waals surface area contributed by atoms with Gasteiger partial charge in [0.2, 0.25) is 0 Å². The lowest BCUT2D eigenvalue weighted by Crippen LogP contribution is -2.09. The van der Waals surface area contributed by atoms with E-state index in [0.29, 0.717) is 12.1 Å². The van der Waals surface area contributed by atoms with Gasteiger partial charge in [-0.05, 0) is 43.2 Å². The van der Waals surface area contributed by atoms with E-state index in [0.717, 1.165) is 23.4 Å². The van der Waals surface area contributed by atoms with Crippen LogP contribution in [0.15, 0.2) is 48.5 Å². The molecule has 108 valence electrons. The van der Waals surface area contributed by atoms with Crippen LogP contribution in [-0.4, -0.2) is 6.10 Å². The summed E-state index contributed by atoms with van der Waals surface area (Å²) in [7, 11) is 0. The Morgan fingerprint density at radius 3 is 2.76 bits per heavy atom. The van der Waals surface area contributed by atoms with Crippen molar-refractivity contribution in [2.45, 2.75) is 32.9 Å². The van der Waals surface area contributed by atoms with Gasteiger partial charge in [0.1, 0.15) is 5.75 Å².